The van der Waals surface area contributed by atoms with Crippen molar-refractivity contribution in [1.29, 1.82) is 5.26 Å². The molecule has 0 atom stereocenters. The van der Waals surface area contributed by atoms with Crippen molar-refractivity contribution in [3.05, 3.63) is 72.4 Å². The highest BCUT2D eigenvalue weighted by Gasteiger charge is 2.07. The van der Waals surface area contributed by atoms with Crippen molar-refractivity contribution in [2.45, 2.75) is 6.42 Å². The highest BCUT2D eigenvalue weighted by molar-refractivity contribution is 5.92. The summed E-state index contributed by atoms with van der Waals surface area (Å²) in [6.07, 6.45) is 2.07. The molecule has 0 aliphatic carbocycles. The number of nitrogens with zero attached hydrogens (tertiary/aromatic N) is 4. The topological polar surface area (TPSA) is 118 Å². The minimum Gasteiger partial charge on any atom is -0.479 e. The van der Waals surface area contributed by atoms with E-state index in [0.29, 0.717) is 17.1 Å². The van der Waals surface area contributed by atoms with Crippen LogP contribution in [0.25, 0.3) is 16.8 Å². The number of hydrogen-bond donors (Lipinski definition) is 2. The van der Waals surface area contributed by atoms with E-state index in [1.165, 1.54) is 0 Å². The van der Waals surface area contributed by atoms with Gasteiger partial charge in [0.2, 0.25) is 11.9 Å². The first-order chi connectivity index (χ1) is 14.6. The normalized spacial score (nSPS) is 10.5. The van der Waals surface area contributed by atoms with Crippen molar-refractivity contribution < 1.29 is 9.53 Å². The molecule has 0 saturated carbocycles. The van der Waals surface area contributed by atoms with Gasteiger partial charge in [-0.15, -0.1) is 5.10 Å². The fourth-order valence-electron chi connectivity index (χ4n) is 3.03. The number of nitrogens with one attached hydrogen (secondary N) is 1. The summed E-state index contributed by atoms with van der Waals surface area (Å²) >= 11 is 0. The Morgan fingerprint density at radius 2 is 1.87 bits per heavy atom. The van der Waals surface area contributed by atoms with Crippen LogP contribution in [0, 0.1) is 11.3 Å². The lowest BCUT2D eigenvalue weighted by atomic mass is 10.0. The molecule has 0 radical (unpaired) electrons. The van der Waals surface area contributed by atoms with E-state index in [4.69, 9.17) is 15.7 Å². The average Bonchev–Trinajstić information content (AvgIpc) is 3.13. The van der Waals surface area contributed by atoms with Gasteiger partial charge in [-0.1, -0.05) is 24.3 Å². The third kappa shape index (κ3) is 4.36. The number of aromatic nitrogens is 3. The van der Waals surface area contributed by atoms with Crippen molar-refractivity contribution in [3.8, 4) is 22.9 Å². The number of benzene rings is 2. The number of nitriles is 1. The molecule has 8 nitrogen and oxygen atoms in total. The zero-order valence-electron chi connectivity index (χ0n) is 15.9. The zero-order chi connectivity index (χ0) is 20.9. The monoisotopic (exact) mass is 398 g/mol. The lowest BCUT2D eigenvalue weighted by molar-refractivity contribution is -0.115. The van der Waals surface area contributed by atoms with Crippen LogP contribution in [0.1, 0.15) is 5.56 Å². The molecule has 1 amide bonds. The van der Waals surface area contributed by atoms with Crippen LogP contribution in [0.5, 0.6) is 5.75 Å². The van der Waals surface area contributed by atoms with Gasteiger partial charge in [-0.25, -0.2) is 4.52 Å². The van der Waals surface area contributed by atoms with E-state index in [-0.39, 0.29) is 24.9 Å². The molecule has 148 valence electrons. The first kappa shape index (κ1) is 19.0. The quantitative estimate of drug-likeness (QED) is 0.515. The summed E-state index contributed by atoms with van der Waals surface area (Å²) in [6.45, 7) is -0.0113. The van der Waals surface area contributed by atoms with Crippen molar-refractivity contribution in [3.63, 3.8) is 0 Å². The molecule has 4 rings (SSSR count). The molecule has 2 heterocycles. The SMILES string of the molecule is N#CCOc1ccc(NC(=O)Cc2ccc(-c3ccn4nc(N)nc4c3)cc2)cc1. The molecule has 2 aromatic heterocycles. The van der Waals surface area contributed by atoms with Crippen LogP contribution in [0.3, 0.4) is 0 Å². The Labute approximate surface area is 172 Å². The molecule has 3 N–H and O–H groups in total. The highest BCUT2D eigenvalue weighted by atomic mass is 16.5. The van der Waals surface area contributed by atoms with E-state index in [1.54, 1.807) is 28.8 Å². The molecule has 0 aliphatic rings. The van der Waals surface area contributed by atoms with Gasteiger partial charge in [0.15, 0.2) is 12.3 Å². The largest absolute Gasteiger partial charge is 0.479 e. The number of carbonyl (C=O) groups excluding carboxylic acids is 1. The van der Waals surface area contributed by atoms with Crippen LogP contribution in [-0.2, 0) is 11.2 Å². The molecule has 0 aliphatic heterocycles. The second kappa shape index (κ2) is 8.32. The molecule has 0 saturated heterocycles. The van der Waals surface area contributed by atoms with Gasteiger partial charge in [-0.05, 0) is 53.1 Å². The number of pyridine rings is 1. The molecule has 0 spiro atoms. The van der Waals surface area contributed by atoms with E-state index >= 15 is 0 Å². The van der Waals surface area contributed by atoms with Gasteiger partial charge in [0.25, 0.3) is 0 Å². The predicted octanol–water partition coefficient (Wildman–Crippen LogP) is 3.06. The minimum absolute atomic E-state index is 0.0113. The molecule has 0 unspecified atom stereocenters. The summed E-state index contributed by atoms with van der Waals surface area (Å²) < 4.78 is 6.82. The summed E-state index contributed by atoms with van der Waals surface area (Å²) in [5.74, 6) is 0.698. The van der Waals surface area contributed by atoms with Crippen molar-refractivity contribution in [1.82, 2.24) is 14.6 Å². The van der Waals surface area contributed by atoms with E-state index < -0.39 is 0 Å². The smallest absolute Gasteiger partial charge is 0.240 e. The summed E-state index contributed by atoms with van der Waals surface area (Å²) in [7, 11) is 0. The van der Waals surface area contributed by atoms with Crippen LogP contribution in [0.2, 0.25) is 0 Å². The number of amides is 1. The third-order valence-electron chi connectivity index (χ3n) is 4.45. The summed E-state index contributed by atoms with van der Waals surface area (Å²) in [4.78, 5) is 16.5. The van der Waals surface area contributed by atoms with E-state index in [9.17, 15) is 4.79 Å². The third-order valence-corrected chi connectivity index (χ3v) is 4.45. The predicted molar refractivity (Wildman–Crippen MR) is 113 cm³/mol. The van der Waals surface area contributed by atoms with Gasteiger partial charge in [-0.3, -0.25) is 4.79 Å². The summed E-state index contributed by atoms with van der Waals surface area (Å²) in [5.41, 5.74) is 9.88. The van der Waals surface area contributed by atoms with Crippen molar-refractivity contribution in [2.24, 2.45) is 0 Å². The number of nitrogens with two attached hydrogens (primary N) is 1. The Morgan fingerprint density at radius 3 is 2.60 bits per heavy atom. The molecule has 4 aromatic rings. The number of ether oxygens (including phenoxy) is 1. The van der Waals surface area contributed by atoms with Crippen LogP contribution in [0.15, 0.2) is 66.9 Å². The Kier molecular flexibility index (Phi) is 5.26. The van der Waals surface area contributed by atoms with E-state index in [1.807, 2.05) is 48.7 Å². The molecular formula is C22H18N6O2. The first-order valence-electron chi connectivity index (χ1n) is 9.21. The first-order valence-corrected chi connectivity index (χ1v) is 9.21. The highest BCUT2D eigenvalue weighted by Crippen LogP contribution is 2.22. The number of anilines is 2. The van der Waals surface area contributed by atoms with Gasteiger partial charge in [0, 0.05) is 11.9 Å². The van der Waals surface area contributed by atoms with Crippen LogP contribution < -0.4 is 15.8 Å². The maximum Gasteiger partial charge on any atom is 0.240 e. The number of rotatable bonds is 6. The number of fused-ring (bicyclic) bond motifs is 1. The van der Waals surface area contributed by atoms with Gasteiger partial charge < -0.3 is 15.8 Å². The molecular weight excluding hydrogens is 380 g/mol. The fourth-order valence-corrected chi connectivity index (χ4v) is 3.03. The Bertz CT molecular complexity index is 1220. The molecule has 30 heavy (non-hydrogen) atoms. The minimum atomic E-state index is -0.117. The lowest BCUT2D eigenvalue weighted by Gasteiger charge is -2.08. The second-order valence-corrected chi connectivity index (χ2v) is 6.58. The van der Waals surface area contributed by atoms with Crippen molar-refractivity contribution in [2.75, 3.05) is 17.7 Å². The van der Waals surface area contributed by atoms with Gasteiger partial charge in [0.1, 0.15) is 11.8 Å². The van der Waals surface area contributed by atoms with Crippen LogP contribution in [0.4, 0.5) is 11.6 Å². The zero-order valence-corrected chi connectivity index (χ0v) is 15.9. The Balaban J connectivity index is 1.39. The van der Waals surface area contributed by atoms with Crippen LogP contribution in [-0.4, -0.2) is 27.1 Å². The number of nitrogen functional groups attached to an aromatic ring is 1. The van der Waals surface area contributed by atoms with Gasteiger partial charge >= 0.3 is 0 Å². The number of carbonyl (C=O) groups is 1. The summed E-state index contributed by atoms with van der Waals surface area (Å²) in [6, 6.07) is 20.4. The second-order valence-electron chi connectivity index (χ2n) is 6.58. The Hall–Kier alpha value is -4.38. The Morgan fingerprint density at radius 1 is 1.10 bits per heavy atom. The lowest BCUT2D eigenvalue weighted by Crippen LogP contribution is -2.14. The maximum atomic E-state index is 12.3. The molecule has 2 aromatic carbocycles. The van der Waals surface area contributed by atoms with E-state index in [2.05, 4.69) is 15.4 Å². The van der Waals surface area contributed by atoms with Gasteiger partial charge in [0.05, 0.1) is 6.42 Å². The summed E-state index contributed by atoms with van der Waals surface area (Å²) in [5, 5.41) is 15.4. The molecule has 0 fully saturated rings. The standard InChI is InChI=1S/C22H18N6O2/c23-10-12-30-19-7-5-18(6-8-19)25-21(29)13-15-1-3-16(4-2-15)17-9-11-28-20(14-17)26-22(24)27-28/h1-9,11,14H,12-13H2,(H2,24,27)(H,25,29). The van der Waals surface area contributed by atoms with E-state index in [0.717, 1.165) is 16.7 Å². The number of hydrogen-bond acceptors (Lipinski definition) is 6. The van der Waals surface area contributed by atoms with Crippen molar-refractivity contribution >= 4 is 23.2 Å². The fraction of sp³-hybridized carbons (Fsp3) is 0.0909. The average molecular weight is 398 g/mol. The van der Waals surface area contributed by atoms with Gasteiger partial charge in [-0.2, -0.15) is 10.2 Å². The van der Waals surface area contributed by atoms with Crippen LogP contribution >= 0.6 is 0 Å². The molecule has 0 bridgehead atoms. The maximum absolute atomic E-state index is 12.3. The molecule has 8 heteroatoms.